The second-order valence-corrected chi connectivity index (χ2v) is 5.94. The molecule has 4 rings (SSSR count). The Morgan fingerprint density at radius 3 is 2.77 bits per heavy atom. The van der Waals surface area contributed by atoms with Gasteiger partial charge in [-0.15, -0.1) is 0 Å². The van der Waals surface area contributed by atoms with Crippen molar-refractivity contribution in [1.82, 2.24) is 25.4 Å². The Kier molecular flexibility index (Phi) is 5.24. The molecule has 120 valence electrons. The van der Waals surface area contributed by atoms with Crippen LogP contribution in [0.2, 0.25) is 0 Å². The van der Waals surface area contributed by atoms with Crippen LogP contribution in [-0.4, -0.2) is 79.6 Å². The lowest BCUT2D eigenvalue weighted by atomic mass is 10.1. The van der Waals surface area contributed by atoms with E-state index < -0.39 is 0 Å². The van der Waals surface area contributed by atoms with Crippen molar-refractivity contribution < 1.29 is 0 Å². The second kappa shape index (κ2) is 7.56. The minimum atomic E-state index is 0.608. The summed E-state index contributed by atoms with van der Waals surface area (Å²) in [4.78, 5) is 13.8. The minimum Gasteiger partial charge on any atom is -0.356 e. The first kappa shape index (κ1) is 15.2. The van der Waals surface area contributed by atoms with Gasteiger partial charge in [-0.1, -0.05) is 6.07 Å². The predicted molar refractivity (Wildman–Crippen MR) is 89.1 cm³/mol. The summed E-state index contributed by atoms with van der Waals surface area (Å²) in [5.41, 5.74) is 1.11. The molecule has 3 fully saturated rings. The van der Waals surface area contributed by atoms with Gasteiger partial charge in [-0.25, -0.2) is 0 Å². The molecule has 1 unspecified atom stereocenters. The van der Waals surface area contributed by atoms with E-state index in [9.17, 15) is 0 Å². The number of hydrogen-bond donors (Lipinski definition) is 2. The minimum absolute atomic E-state index is 0.608. The van der Waals surface area contributed by atoms with Gasteiger partial charge in [0.1, 0.15) is 0 Å². The normalized spacial score (nSPS) is 27.7. The number of pyridine rings is 1. The average Bonchev–Trinajstić information content (AvgIpc) is 2.60. The highest BCUT2D eigenvalue weighted by Gasteiger charge is 2.31. The van der Waals surface area contributed by atoms with Crippen LogP contribution in [0.3, 0.4) is 0 Å². The number of rotatable bonds is 5. The molecule has 22 heavy (non-hydrogen) atoms. The van der Waals surface area contributed by atoms with E-state index in [2.05, 4.69) is 36.5 Å². The summed E-state index contributed by atoms with van der Waals surface area (Å²) in [5.74, 6) is 0.883. The van der Waals surface area contributed by atoms with Crippen molar-refractivity contribution in [3.63, 3.8) is 0 Å². The summed E-state index contributed by atoms with van der Waals surface area (Å²) in [5, 5.41) is 6.83. The van der Waals surface area contributed by atoms with Crippen molar-refractivity contribution in [2.24, 2.45) is 4.99 Å². The van der Waals surface area contributed by atoms with E-state index in [4.69, 9.17) is 0 Å². The fourth-order valence-corrected chi connectivity index (χ4v) is 3.21. The van der Waals surface area contributed by atoms with Gasteiger partial charge in [0.15, 0.2) is 5.96 Å². The van der Waals surface area contributed by atoms with Crippen LogP contribution in [0.15, 0.2) is 29.4 Å². The molecule has 0 spiro atoms. The van der Waals surface area contributed by atoms with Crippen LogP contribution in [0.25, 0.3) is 0 Å². The molecule has 4 heterocycles. The Morgan fingerprint density at radius 1 is 1.27 bits per heavy atom. The first-order valence-corrected chi connectivity index (χ1v) is 8.16. The fourth-order valence-electron chi connectivity index (χ4n) is 3.21. The highest BCUT2D eigenvalue weighted by Crippen LogP contribution is 2.14. The lowest BCUT2D eigenvalue weighted by molar-refractivity contribution is 0.0154. The Labute approximate surface area is 132 Å². The number of aromatic nitrogens is 1. The maximum atomic E-state index is 4.33. The Morgan fingerprint density at radius 2 is 2.14 bits per heavy atom. The SMILES string of the molecule is CN=C(NCCc1ccccn1)NCC1CN2CCN1CC2. The van der Waals surface area contributed by atoms with Gasteiger partial charge in [-0.2, -0.15) is 0 Å². The largest absolute Gasteiger partial charge is 0.356 e. The van der Waals surface area contributed by atoms with Crippen LogP contribution >= 0.6 is 0 Å². The Bertz CT molecular complexity index is 481. The quantitative estimate of drug-likeness (QED) is 0.582. The highest BCUT2D eigenvalue weighted by atomic mass is 15.4. The lowest BCUT2D eigenvalue weighted by Crippen LogP contribution is -2.63. The van der Waals surface area contributed by atoms with Crippen LogP contribution in [0.1, 0.15) is 5.69 Å². The smallest absolute Gasteiger partial charge is 0.191 e. The molecule has 1 atom stereocenters. The molecule has 2 bridgehead atoms. The molecule has 0 aromatic carbocycles. The second-order valence-electron chi connectivity index (χ2n) is 5.94. The molecule has 2 N–H and O–H groups in total. The zero-order valence-electron chi connectivity index (χ0n) is 13.3. The zero-order valence-corrected chi connectivity index (χ0v) is 13.3. The Balaban J connectivity index is 1.39. The van der Waals surface area contributed by atoms with Crippen LogP contribution in [0.4, 0.5) is 0 Å². The van der Waals surface area contributed by atoms with Gasteiger partial charge < -0.3 is 10.6 Å². The summed E-state index contributed by atoms with van der Waals surface area (Å²) >= 11 is 0. The first-order chi connectivity index (χ1) is 10.8. The van der Waals surface area contributed by atoms with Crippen LogP contribution in [0.5, 0.6) is 0 Å². The molecule has 1 aromatic rings. The molecular formula is C16H26N6. The van der Waals surface area contributed by atoms with Crippen molar-refractivity contribution in [2.45, 2.75) is 12.5 Å². The van der Waals surface area contributed by atoms with Crippen LogP contribution in [0, 0.1) is 0 Å². The lowest BCUT2D eigenvalue weighted by Gasteiger charge is -2.47. The monoisotopic (exact) mass is 302 g/mol. The number of nitrogens with one attached hydrogen (secondary N) is 2. The molecule has 0 radical (unpaired) electrons. The summed E-state index contributed by atoms with van der Waals surface area (Å²) in [7, 11) is 1.83. The van der Waals surface area contributed by atoms with Gasteiger partial charge >= 0.3 is 0 Å². The van der Waals surface area contributed by atoms with E-state index >= 15 is 0 Å². The fraction of sp³-hybridized carbons (Fsp3) is 0.625. The van der Waals surface area contributed by atoms with Crippen molar-refractivity contribution in [3.05, 3.63) is 30.1 Å². The third kappa shape index (κ3) is 3.96. The first-order valence-electron chi connectivity index (χ1n) is 8.16. The number of aliphatic imine (C=N–C) groups is 1. The maximum Gasteiger partial charge on any atom is 0.191 e. The van der Waals surface area contributed by atoms with Crippen molar-refractivity contribution >= 4 is 5.96 Å². The van der Waals surface area contributed by atoms with E-state index in [-0.39, 0.29) is 0 Å². The number of fused-ring (bicyclic) bond motifs is 3. The summed E-state index contributed by atoms with van der Waals surface area (Å²) in [6.07, 6.45) is 2.75. The van der Waals surface area contributed by atoms with Gasteiger partial charge in [-0.3, -0.25) is 19.8 Å². The topological polar surface area (TPSA) is 55.8 Å². The standard InChI is InChI=1S/C16H26N6/c1-17-16(19-7-5-14-4-2-3-6-18-14)20-12-15-13-21-8-10-22(15)11-9-21/h2-4,6,15H,5,7-13H2,1H3,(H2,17,19,20). The molecule has 6 heteroatoms. The van der Waals surface area contributed by atoms with Crippen LogP contribution < -0.4 is 10.6 Å². The van der Waals surface area contributed by atoms with Crippen molar-refractivity contribution in [2.75, 3.05) is 52.9 Å². The van der Waals surface area contributed by atoms with E-state index in [0.29, 0.717) is 6.04 Å². The number of nitrogens with zero attached hydrogens (tertiary/aromatic N) is 4. The molecule has 0 saturated carbocycles. The number of hydrogen-bond acceptors (Lipinski definition) is 4. The molecule has 1 aromatic heterocycles. The highest BCUT2D eigenvalue weighted by molar-refractivity contribution is 5.79. The molecular weight excluding hydrogens is 276 g/mol. The molecule has 3 saturated heterocycles. The van der Waals surface area contributed by atoms with Crippen molar-refractivity contribution in [1.29, 1.82) is 0 Å². The van der Waals surface area contributed by atoms with Gasteiger partial charge in [0.2, 0.25) is 0 Å². The van der Waals surface area contributed by atoms with E-state index in [1.54, 1.807) is 0 Å². The third-order valence-electron chi connectivity index (χ3n) is 4.52. The Hall–Kier alpha value is -1.66. The molecule has 0 aliphatic carbocycles. The van der Waals surface area contributed by atoms with Crippen molar-refractivity contribution in [3.8, 4) is 0 Å². The summed E-state index contributed by atoms with van der Waals surface area (Å²) < 4.78 is 0. The molecule has 6 nitrogen and oxygen atoms in total. The molecule has 3 aliphatic rings. The average molecular weight is 302 g/mol. The molecule has 3 aliphatic heterocycles. The van der Waals surface area contributed by atoms with E-state index in [1.165, 1.54) is 32.7 Å². The van der Waals surface area contributed by atoms with E-state index in [0.717, 1.165) is 31.2 Å². The predicted octanol–water partition coefficient (Wildman–Crippen LogP) is -0.211. The van der Waals surface area contributed by atoms with Gasteiger partial charge in [0.05, 0.1) is 0 Å². The van der Waals surface area contributed by atoms with Gasteiger partial charge in [0.25, 0.3) is 0 Å². The van der Waals surface area contributed by atoms with Gasteiger partial charge in [0, 0.05) is 77.2 Å². The van der Waals surface area contributed by atoms with E-state index in [1.807, 2.05) is 25.4 Å². The summed E-state index contributed by atoms with van der Waals surface area (Å²) in [6.45, 7) is 7.85. The molecule has 0 amide bonds. The zero-order chi connectivity index (χ0) is 15.2. The summed E-state index contributed by atoms with van der Waals surface area (Å²) in [6, 6.07) is 6.63. The van der Waals surface area contributed by atoms with Gasteiger partial charge in [-0.05, 0) is 12.1 Å². The third-order valence-corrected chi connectivity index (χ3v) is 4.52. The van der Waals surface area contributed by atoms with Crippen LogP contribution in [-0.2, 0) is 6.42 Å². The number of guanidine groups is 1. The maximum absolute atomic E-state index is 4.33. The number of piperazine rings is 3.